The van der Waals surface area contributed by atoms with E-state index in [1.54, 1.807) is 4.68 Å². The lowest BCUT2D eigenvalue weighted by molar-refractivity contribution is -0.156. The van der Waals surface area contributed by atoms with Gasteiger partial charge in [0.1, 0.15) is 0 Å². The molecular weight excluding hydrogens is 208 g/mol. The van der Waals surface area contributed by atoms with Crippen LogP contribution < -0.4 is 0 Å². The van der Waals surface area contributed by atoms with Crippen LogP contribution in [0, 0.1) is 5.41 Å². The maximum Gasteiger partial charge on any atom is 0.311 e. The van der Waals surface area contributed by atoms with Crippen LogP contribution in [0.25, 0.3) is 0 Å². The van der Waals surface area contributed by atoms with Gasteiger partial charge in [0.25, 0.3) is 0 Å². The summed E-state index contributed by atoms with van der Waals surface area (Å²) in [5.41, 5.74) is -0.612. The van der Waals surface area contributed by atoms with Gasteiger partial charge in [0, 0.05) is 5.92 Å². The highest BCUT2D eigenvalue weighted by Crippen LogP contribution is 2.44. The number of carboxylic acid groups (broad SMARTS) is 1. The Balaban J connectivity index is 1.82. The summed E-state index contributed by atoms with van der Waals surface area (Å²) >= 11 is 0. The highest BCUT2D eigenvalue weighted by molar-refractivity contribution is 5.75. The minimum Gasteiger partial charge on any atom is -0.481 e. The van der Waals surface area contributed by atoms with Gasteiger partial charge < -0.3 is 5.11 Å². The molecule has 16 heavy (non-hydrogen) atoms. The van der Waals surface area contributed by atoms with Crippen LogP contribution in [0.1, 0.15) is 43.8 Å². The van der Waals surface area contributed by atoms with Crippen molar-refractivity contribution >= 4 is 5.97 Å². The van der Waals surface area contributed by atoms with Gasteiger partial charge in [0.2, 0.25) is 0 Å². The molecule has 2 saturated carbocycles. The molecule has 6 nitrogen and oxygen atoms in total. The van der Waals surface area contributed by atoms with Gasteiger partial charge in [-0.05, 0) is 36.1 Å². The second-order valence-electron chi connectivity index (χ2n) is 4.91. The fraction of sp³-hybridized carbons (Fsp3) is 0.800. The summed E-state index contributed by atoms with van der Waals surface area (Å²) in [4.78, 5) is 11.2. The second kappa shape index (κ2) is 3.26. The average molecular weight is 222 g/mol. The molecule has 0 amide bonds. The second-order valence-corrected chi connectivity index (χ2v) is 4.91. The molecule has 3 rings (SSSR count). The molecule has 86 valence electrons. The monoisotopic (exact) mass is 222 g/mol. The fourth-order valence-electron chi connectivity index (χ4n) is 2.29. The fourth-order valence-corrected chi connectivity index (χ4v) is 2.29. The van der Waals surface area contributed by atoms with Gasteiger partial charge in [-0.3, -0.25) is 4.79 Å². The largest absolute Gasteiger partial charge is 0.481 e. The number of hydrogen-bond acceptors (Lipinski definition) is 4. The van der Waals surface area contributed by atoms with Crippen molar-refractivity contribution in [3.63, 3.8) is 0 Å². The number of carbonyl (C=O) groups is 1. The predicted molar refractivity (Wildman–Crippen MR) is 53.7 cm³/mol. The third-order valence-corrected chi connectivity index (χ3v) is 3.72. The number of aromatic nitrogens is 4. The summed E-state index contributed by atoms with van der Waals surface area (Å²) in [6, 6.07) is 0. The summed E-state index contributed by atoms with van der Waals surface area (Å²) in [7, 11) is 0. The SMILES string of the molecule is O=C(O)C1(Cn2nnnc2C2CC2)CCC1. The standard InChI is InChI=1S/C10H14N4O2/c15-9(16)10(4-1-5-10)6-14-8(7-2-3-7)11-12-13-14/h7H,1-6H2,(H,15,16). The van der Waals surface area contributed by atoms with Gasteiger partial charge in [0.15, 0.2) is 5.82 Å². The van der Waals surface area contributed by atoms with Crippen LogP contribution >= 0.6 is 0 Å². The van der Waals surface area contributed by atoms with Gasteiger partial charge in [-0.25, -0.2) is 4.68 Å². The Morgan fingerprint density at radius 1 is 1.50 bits per heavy atom. The molecule has 1 N–H and O–H groups in total. The van der Waals surface area contributed by atoms with E-state index >= 15 is 0 Å². The average Bonchev–Trinajstić information content (AvgIpc) is 2.92. The first-order valence-corrected chi connectivity index (χ1v) is 5.71. The number of carboxylic acids is 1. The summed E-state index contributed by atoms with van der Waals surface area (Å²) in [5, 5.41) is 20.8. The number of hydrogen-bond donors (Lipinski definition) is 1. The Morgan fingerprint density at radius 2 is 2.25 bits per heavy atom. The van der Waals surface area contributed by atoms with Crippen molar-refractivity contribution in [3.8, 4) is 0 Å². The van der Waals surface area contributed by atoms with E-state index in [1.165, 1.54) is 0 Å². The molecule has 0 radical (unpaired) electrons. The molecule has 0 saturated heterocycles. The van der Waals surface area contributed by atoms with E-state index < -0.39 is 11.4 Å². The molecule has 0 atom stereocenters. The highest BCUT2D eigenvalue weighted by Gasteiger charge is 2.46. The molecule has 2 aliphatic rings. The third kappa shape index (κ3) is 1.40. The minimum absolute atomic E-state index is 0.432. The van der Waals surface area contributed by atoms with Gasteiger partial charge in [-0.15, -0.1) is 5.10 Å². The Labute approximate surface area is 92.6 Å². The van der Waals surface area contributed by atoms with Gasteiger partial charge in [-0.2, -0.15) is 0 Å². The summed E-state index contributed by atoms with van der Waals surface area (Å²) < 4.78 is 1.70. The molecule has 0 aromatic carbocycles. The Morgan fingerprint density at radius 3 is 2.75 bits per heavy atom. The minimum atomic E-state index is -0.712. The first kappa shape index (κ1) is 9.74. The van der Waals surface area contributed by atoms with Crippen molar-refractivity contribution in [2.75, 3.05) is 0 Å². The van der Waals surface area contributed by atoms with Crippen molar-refractivity contribution in [1.82, 2.24) is 20.2 Å². The van der Waals surface area contributed by atoms with E-state index in [0.717, 1.165) is 37.9 Å². The van der Waals surface area contributed by atoms with Crippen molar-refractivity contribution in [2.45, 2.75) is 44.6 Å². The molecule has 0 aliphatic heterocycles. The quantitative estimate of drug-likeness (QED) is 0.815. The smallest absolute Gasteiger partial charge is 0.311 e. The molecule has 1 aromatic heterocycles. The van der Waals surface area contributed by atoms with Crippen LogP contribution in [0.15, 0.2) is 0 Å². The lowest BCUT2D eigenvalue weighted by Crippen LogP contribution is -2.42. The maximum absolute atomic E-state index is 11.2. The zero-order chi connectivity index (χ0) is 11.2. The Bertz CT molecular complexity index is 420. The number of aliphatic carboxylic acids is 1. The molecule has 0 unspecified atom stereocenters. The van der Waals surface area contributed by atoms with E-state index in [4.69, 9.17) is 0 Å². The topological polar surface area (TPSA) is 80.9 Å². The van der Waals surface area contributed by atoms with Gasteiger partial charge in [-0.1, -0.05) is 6.42 Å². The Hall–Kier alpha value is -1.46. The summed E-state index contributed by atoms with van der Waals surface area (Å²) in [6.45, 7) is 0.432. The van der Waals surface area contributed by atoms with Crippen LogP contribution in [0.3, 0.4) is 0 Å². The predicted octanol–water partition coefficient (Wildman–Crippen LogP) is 0.805. The van der Waals surface area contributed by atoms with Crippen molar-refractivity contribution in [2.24, 2.45) is 5.41 Å². The van der Waals surface area contributed by atoms with Crippen LogP contribution in [0.2, 0.25) is 0 Å². The van der Waals surface area contributed by atoms with E-state index in [0.29, 0.717) is 12.5 Å². The van der Waals surface area contributed by atoms with Gasteiger partial charge >= 0.3 is 5.97 Å². The third-order valence-electron chi connectivity index (χ3n) is 3.72. The van der Waals surface area contributed by atoms with E-state index in [-0.39, 0.29) is 0 Å². The number of tetrazole rings is 1. The molecule has 1 heterocycles. The highest BCUT2D eigenvalue weighted by atomic mass is 16.4. The number of nitrogens with zero attached hydrogens (tertiary/aromatic N) is 4. The number of rotatable bonds is 4. The van der Waals surface area contributed by atoms with Gasteiger partial charge in [0.05, 0.1) is 12.0 Å². The van der Waals surface area contributed by atoms with Crippen LogP contribution in [-0.2, 0) is 11.3 Å². The van der Waals surface area contributed by atoms with Crippen molar-refractivity contribution in [1.29, 1.82) is 0 Å². The van der Waals surface area contributed by atoms with Crippen molar-refractivity contribution < 1.29 is 9.90 Å². The normalized spacial score (nSPS) is 22.8. The molecule has 0 spiro atoms. The summed E-state index contributed by atoms with van der Waals surface area (Å²) in [6.07, 6.45) is 4.73. The van der Waals surface area contributed by atoms with E-state index in [1.807, 2.05) is 0 Å². The first-order chi connectivity index (χ1) is 7.71. The molecular formula is C10H14N4O2. The molecule has 0 bridgehead atoms. The first-order valence-electron chi connectivity index (χ1n) is 5.71. The zero-order valence-corrected chi connectivity index (χ0v) is 8.96. The maximum atomic E-state index is 11.2. The van der Waals surface area contributed by atoms with Crippen LogP contribution in [0.5, 0.6) is 0 Å². The van der Waals surface area contributed by atoms with E-state index in [9.17, 15) is 9.90 Å². The lowest BCUT2D eigenvalue weighted by Gasteiger charge is -2.37. The van der Waals surface area contributed by atoms with Crippen molar-refractivity contribution in [3.05, 3.63) is 5.82 Å². The Kier molecular flexibility index (Phi) is 1.99. The zero-order valence-electron chi connectivity index (χ0n) is 8.96. The van der Waals surface area contributed by atoms with Crippen LogP contribution in [0.4, 0.5) is 0 Å². The van der Waals surface area contributed by atoms with Crippen LogP contribution in [-0.4, -0.2) is 31.3 Å². The molecule has 1 aromatic rings. The lowest BCUT2D eigenvalue weighted by atomic mass is 9.69. The molecule has 2 fully saturated rings. The summed E-state index contributed by atoms with van der Waals surface area (Å²) in [5.74, 6) is 0.615. The molecule has 2 aliphatic carbocycles. The van der Waals surface area contributed by atoms with E-state index in [2.05, 4.69) is 15.5 Å². The molecule has 6 heteroatoms.